The van der Waals surface area contributed by atoms with Gasteiger partial charge in [-0.1, -0.05) is 79.7 Å². The first-order valence-electron chi connectivity index (χ1n) is 12.7. The number of fused-ring (bicyclic) bond motifs is 5. The van der Waals surface area contributed by atoms with Crippen molar-refractivity contribution >= 4 is 0 Å². The van der Waals surface area contributed by atoms with Gasteiger partial charge in [-0.15, -0.1) is 0 Å². The standard InChI is InChI=1S/C29H46.CH4/c1-20(2)21(3)10-8-11-22-12-14-24-23-13-15-26-27(4,5)17-9-18-29(26,7)25(23)16-19-28(22,24)6;/h13,16,20,22,24,26H,3,8-12,14-15,17-19H2,1-2,4-7H3;1H4. The molecule has 0 radical (unpaired) electrons. The van der Waals surface area contributed by atoms with Crippen LogP contribution >= 0.6 is 0 Å². The molecule has 0 spiro atoms. The summed E-state index contributed by atoms with van der Waals surface area (Å²) in [6.07, 6.45) is 19.2. The summed E-state index contributed by atoms with van der Waals surface area (Å²) in [5, 5.41) is 0. The zero-order valence-electron chi connectivity index (χ0n) is 20.2. The molecular weight excluding hydrogens is 360 g/mol. The van der Waals surface area contributed by atoms with Crippen molar-refractivity contribution in [2.75, 3.05) is 0 Å². The van der Waals surface area contributed by atoms with Crippen LogP contribution in [0.1, 0.15) is 113 Å². The van der Waals surface area contributed by atoms with Crippen LogP contribution in [0, 0.1) is 39.9 Å². The summed E-state index contributed by atoms with van der Waals surface area (Å²) < 4.78 is 0. The lowest BCUT2D eigenvalue weighted by Crippen LogP contribution is -2.47. The van der Waals surface area contributed by atoms with Gasteiger partial charge < -0.3 is 0 Å². The Hall–Kier alpha value is -0.780. The highest BCUT2D eigenvalue weighted by Crippen LogP contribution is 2.66. The van der Waals surface area contributed by atoms with Crippen molar-refractivity contribution in [3.05, 3.63) is 35.5 Å². The quantitative estimate of drug-likeness (QED) is 0.396. The van der Waals surface area contributed by atoms with Crippen LogP contribution in [-0.2, 0) is 0 Å². The lowest BCUT2D eigenvalue weighted by Gasteiger charge is -2.57. The summed E-state index contributed by atoms with van der Waals surface area (Å²) in [5.41, 5.74) is 6.46. The zero-order chi connectivity index (χ0) is 21.0. The van der Waals surface area contributed by atoms with E-state index in [1.54, 1.807) is 11.1 Å². The third kappa shape index (κ3) is 3.69. The molecular formula is C30H50. The highest BCUT2D eigenvalue weighted by molar-refractivity contribution is 5.46. The second-order valence-corrected chi connectivity index (χ2v) is 12.6. The molecule has 4 rings (SSSR count). The maximum Gasteiger partial charge on any atom is -0.00394 e. The van der Waals surface area contributed by atoms with Crippen LogP contribution in [0.5, 0.6) is 0 Å². The molecule has 0 N–H and O–H groups in total. The van der Waals surface area contributed by atoms with Crippen molar-refractivity contribution < 1.29 is 0 Å². The van der Waals surface area contributed by atoms with Gasteiger partial charge in [0.1, 0.15) is 0 Å². The van der Waals surface area contributed by atoms with E-state index in [0.717, 1.165) is 17.8 Å². The van der Waals surface area contributed by atoms with Crippen molar-refractivity contribution in [1.29, 1.82) is 0 Å². The number of allylic oxidation sites excluding steroid dienone is 5. The second kappa shape index (κ2) is 8.29. The molecule has 30 heavy (non-hydrogen) atoms. The monoisotopic (exact) mass is 410 g/mol. The normalized spacial score (nSPS) is 39.2. The van der Waals surface area contributed by atoms with Crippen molar-refractivity contribution in [2.24, 2.45) is 39.9 Å². The van der Waals surface area contributed by atoms with Gasteiger partial charge in [0.2, 0.25) is 0 Å². The first-order valence-corrected chi connectivity index (χ1v) is 12.7. The third-order valence-electron chi connectivity index (χ3n) is 10.3. The van der Waals surface area contributed by atoms with Crippen LogP contribution in [0.3, 0.4) is 0 Å². The maximum absolute atomic E-state index is 4.31. The first kappa shape index (κ1) is 23.9. The molecule has 2 saturated carbocycles. The third-order valence-corrected chi connectivity index (χ3v) is 10.3. The second-order valence-electron chi connectivity index (χ2n) is 12.6. The Morgan fingerprint density at radius 3 is 2.53 bits per heavy atom. The van der Waals surface area contributed by atoms with E-state index in [1.807, 2.05) is 0 Å². The fourth-order valence-corrected chi connectivity index (χ4v) is 8.18. The summed E-state index contributed by atoms with van der Waals surface area (Å²) in [6.45, 7) is 19.2. The Morgan fingerprint density at radius 2 is 1.83 bits per heavy atom. The molecule has 0 heteroatoms. The van der Waals surface area contributed by atoms with E-state index in [9.17, 15) is 0 Å². The molecule has 170 valence electrons. The summed E-state index contributed by atoms with van der Waals surface area (Å²) in [7, 11) is 0. The topological polar surface area (TPSA) is 0 Å². The molecule has 5 atom stereocenters. The molecule has 0 bridgehead atoms. The summed E-state index contributed by atoms with van der Waals surface area (Å²) >= 11 is 0. The summed E-state index contributed by atoms with van der Waals surface area (Å²) in [6, 6.07) is 0. The Morgan fingerprint density at radius 1 is 1.10 bits per heavy atom. The van der Waals surface area contributed by atoms with Gasteiger partial charge in [0.05, 0.1) is 0 Å². The van der Waals surface area contributed by atoms with Crippen molar-refractivity contribution in [3.8, 4) is 0 Å². The van der Waals surface area contributed by atoms with Gasteiger partial charge in [0.15, 0.2) is 0 Å². The van der Waals surface area contributed by atoms with Gasteiger partial charge in [0, 0.05) is 0 Å². The Bertz CT molecular complexity index is 716. The Labute approximate surface area is 188 Å². The molecule has 0 aromatic rings. The van der Waals surface area contributed by atoms with Gasteiger partial charge in [-0.05, 0) is 109 Å². The van der Waals surface area contributed by atoms with Gasteiger partial charge in [0.25, 0.3) is 0 Å². The predicted octanol–water partition coefficient (Wildman–Crippen LogP) is 9.53. The van der Waals surface area contributed by atoms with Crippen LogP contribution in [-0.4, -0.2) is 0 Å². The maximum atomic E-state index is 4.31. The SMILES string of the molecule is C.C=C(CCCC1CCC2C3=CCC4C(C)(C)CCCC4(C)C3=CCC12C)C(C)C. The molecule has 5 unspecified atom stereocenters. The van der Waals surface area contributed by atoms with Gasteiger partial charge in [-0.25, -0.2) is 0 Å². The number of hydrogen-bond donors (Lipinski definition) is 0. The molecule has 4 aliphatic rings. The smallest absolute Gasteiger partial charge is 0.00394 e. The molecule has 0 aliphatic heterocycles. The first-order chi connectivity index (χ1) is 13.6. The molecule has 0 amide bonds. The highest BCUT2D eigenvalue weighted by atomic mass is 14.6. The van der Waals surface area contributed by atoms with Crippen LogP contribution in [0.4, 0.5) is 0 Å². The van der Waals surface area contributed by atoms with Crippen LogP contribution < -0.4 is 0 Å². The molecule has 0 nitrogen and oxygen atoms in total. The minimum absolute atomic E-state index is 0. The van der Waals surface area contributed by atoms with E-state index in [-0.39, 0.29) is 7.43 Å². The van der Waals surface area contributed by atoms with Crippen molar-refractivity contribution in [1.82, 2.24) is 0 Å². The largest absolute Gasteiger partial charge is 0.0996 e. The van der Waals surface area contributed by atoms with E-state index >= 15 is 0 Å². The minimum Gasteiger partial charge on any atom is -0.0996 e. The van der Waals surface area contributed by atoms with Crippen molar-refractivity contribution in [2.45, 2.75) is 113 Å². The summed E-state index contributed by atoms with van der Waals surface area (Å²) in [4.78, 5) is 0. The lowest BCUT2D eigenvalue weighted by molar-refractivity contribution is 0.0198. The van der Waals surface area contributed by atoms with E-state index in [2.05, 4.69) is 60.3 Å². The highest BCUT2D eigenvalue weighted by Gasteiger charge is 2.56. The molecule has 0 saturated heterocycles. The van der Waals surface area contributed by atoms with E-state index < -0.39 is 0 Å². The van der Waals surface area contributed by atoms with Crippen LogP contribution in [0.2, 0.25) is 0 Å². The molecule has 0 aromatic heterocycles. The molecule has 0 aromatic carbocycles. The van der Waals surface area contributed by atoms with E-state index in [1.165, 1.54) is 69.8 Å². The number of rotatable bonds is 5. The minimum atomic E-state index is 0. The zero-order valence-corrected chi connectivity index (χ0v) is 20.2. The predicted molar refractivity (Wildman–Crippen MR) is 134 cm³/mol. The Balaban J connectivity index is 0.00000256. The van der Waals surface area contributed by atoms with Gasteiger partial charge >= 0.3 is 0 Å². The van der Waals surface area contributed by atoms with Crippen LogP contribution in [0.25, 0.3) is 0 Å². The van der Waals surface area contributed by atoms with E-state index in [0.29, 0.717) is 22.2 Å². The Kier molecular flexibility index (Phi) is 6.60. The summed E-state index contributed by atoms with van der Waals surface area (Å²) in [5.74, 6) is 3.20. The molecule has 4 aliphatic carbocycles. The van der Waals surface area contributed by atoms with Crippen LogP contribution in [0.15, 0.2) is 35.5 Å². The van der Waals surface area contributed by atoms with Gasteiger partial charge in [-0.2, -0.15) is 0 Å². The lowest BCUT2D eigenvalue weighted by atomic mass is 9.47. The van der Waals surface area contributed by atoms with Crippen molar-refractivity contribution in [3.63, 3.8) is 0 Å². The fourth-order valence-electron chi connectivity index (χ4n) is 8.18. The van der Waals surface area contributed by atoms with E-state index in [4.69, 9.17) is 0 Å². The average Bonchev–Trinajstić information content (AvgIpc) is 2.97. The molecule has 2 fully saturated rings. The van der Waals surface area contributed by atoms with Gasteiger partial charge in [-0.3, -0.25) is 0 Å². The average molecular weight is 411 g/mol. The fraction of sp³-hybridized carbons (Fsp3) is 0.800. The number of hydrogen-bond acceptors (Lipinski definition) is 0. The molecule has 0 heterocycles.